The van der Waals surface area contributed by atoms with E-state index in [-0.39, 0.29) is 11.1 Å². The molecule has 0 unspecified atom stereocenters. The average molecular weight is 304 g/mol. The molecular weight excluding hydrogens is 290 g/mol. The topological polar surface area (TPSA) is 78.1 Å². The summed E-state index contributed by atoms with van der Waals surface area (Å²) in [7, 11) is 1.30. The van der Waals surface area contributed by atoms with Crippen LogP contribution in [0.3, 0.4) is 0 Å². The molecular formula is C15H14ClN3O2. The van der Waals surface area contributed by atoms with Gasteiger partial charge in [0.25, 0.3) is 0 Å². The summed E-state index contributed by atoms with van der Waals surface area (Å²) < 4.78 is 4.56. The lowest BCUT2D eigenvalue weighted by Crippen LogP contribution is -2.01. The van der Waals surface area contributed by atoms with E-state index in [1.54, 1.807) is 0 Å². The van der Waals surface area contributed by atoms with Crippen molar-refractivity contribution in [2.45, 2.75) is 6.92 Å². The summed E-state index contributed by atoms with van der Waals surface area (Å²) in [6, 6.07) is 7.72. The van der Waals surface area contributed by atoms with Gasteiger partial charge in [-0.25, -0.2) is 14.8 Å². The molecule has 1 aromatic carbocycles. The number of halogens is 1. The summed E-state index contributed by atoms with van der Waals surface area (Å²) in [5.74, 6) is -0.413. The van der Waals surface area contributed by atoms with Gasteiger partial charge in [-0.15, -0.1) is 0 Å². The van der Waals surface area contributed by atoms with Crippen molar-refractivity contribution < 1.29 is 9.53 Å². The number of esters is 1. The Hall–Kier alpha value is -2.40. The molecule has 0 radical (unpaired) electrons. The van der Waals surface area contributed by atoms with Crippen LogP contribution in [0.2, 0.25) is 5.15 Å². The van der Waals surface area contributed by atoms with E-state index in [0.29, 0.717) is 11.3 Å². The Morgan fingerprint density at radius 2 is 1.95 bits per heavy atom. The number of hydrogen-bond donors (Lipinski definition) is 1. The van der Waals surface area contributed by atoms with Crippen molar-refractivity contribution in [1.82, 2.24) is 9.97 Å². The highest BCUT2D eigenvalue weighted by Gasteiger charge is 2.12. The SMILES string of the molecule is COC(=O)C=Cc1c(Cl)nc(N)nc1-c1ccc(C)cc1. The predicted octanol–water partition coefficient (Wildman–Crippen LogP) is 2.87. The molecule has 1 heterocycles. The van der Waals surface area contributed by atoms with Crippen LogP contribution >= 0.6 is 11.6 Å². The first kappa shape index (κ1) is 15.0. The number of anilines is 1. The average Bonchev–Trinajstić information content (AvgIpc) is 2.46. The lowest BCUT2D eigenvalue weighted by Gasteiger charge is -2.08. The molecule has 0 bridgehead atoms. The minimum atomic E-state index is -0.488. The van der Waals surface area contributed by atoms with Crippen LogP contribution in [0, 0.1) is 6.92 Å². The first-order valence-electron chi connectivity index (χ1n) is 6.17. The summed E-state index contributed by atoms with van der Waals surface area (Å²) in [6.45, 7) is 1.99. The molecule has 0 spiro atoms. The third-order valence-electron chi connectivity index (χ3n) is 2.83. The minimum Gasteiger partial charge on any atom is -0.466 e. The number of nitrogens with two attached hydrogens (primary N) is 1. The lowest BCUT2D eigenvalue weighted by atomic mass is 10.1. The van der Waals surface area contributed by atoms with Gasteiger partial charge in [0.1, 0.15) is 5.15 Å². The minimum absolute atomic E-state index is 0.0748. The molecule has 2 aromatic rings. The van der Waals surface area contributed by atoms with Crippen LogP contribution in [0.4, 0.5) is 5.95 Å². The number of aryl methyl sites for hydroxylation is 1. The van der Waals surface area contributed by atoms with Gasteiger partial charge in [-0.2, -0.15) is 0 Å². The van der Waals surface area contributed by atoms with Gasteiger partial charge in [0.05, 0.1) is 12.8 Å². The van der Waals surface area contributed by atoms with E-state index >= 15 is 0 Å². The number of aromatic nitrogens is 2. The second-order valence-corrected chi connectivity index (χ2v) is 4.72. The van der Waals surface area contributed by atoms with Gasteiger partial charge in [-0.1, -0.05) is 41.4 Å². The van der Waals surface area contributed by atoms with Crippen LogP contribution in [0.15, 0.2) is 30.3 Å². The Morgan fingerprint density at radius 1 is 1.29 bits per heavy atom. The molecule has 2 rings (SSSR count). The number of nitrogen functional groups attached to an aromatic ring is 1. The largest absolute Gasteiger partial charge is 0.466 e. The highest BCUT2D eigenvalue weighted by Crippen LogP contribution is 2.28. The van der Waals surface area contributed by atoms with Gasteiger partial charge in [0, 0.05) is 17.2 Å². The molecule has 2 N–H and O–H groups in total. The Bertz CT molecular complexity index is 697. The number of ether oxygens (including phenoxy) is 1. The van der Waals surface area contributed by atoms with Crippen LogP contribution in [0.5, 0.6) is 0 Å². The van der Waals surface area contributed by atoms with Crippen LogP contribution in [0.1, 0.15) is 11.1 Å². The second-order valence-electron chi connectivity index (χ2n) is 4.36. The number of carbonyl (C=O) groups excluding carboxylic acids is 1. The van der Waals surface area contributed by atoms with E-state index < -0.39 is 5.97 Å². The van der Waals surface area contributed by atoms with Crippen LogP contribution in [-0.2, 0) is 9.53 Å². The van der Waals surface area contributed by atoms with Crippen molar-refractivity contribution in [2.24, 2.45) is 0 Å². The molecule has 0 aliphatic heterocycles. The molecule has 21 heavy (non-hydrogen) atoms. The fraction of sp³-hybridized carbons (Fsp3) is 0.133. The quantitative estimate of drug-likeness (QED) is 0.536. The highest BCUT2D eigenvalue weighted by atomic mass is 35.5. The molecule has 0 saturated heterocycles. The zero-order valence-electron chi connectivity index (χ0n) is 11.6. The number of hydrogen-bond acceptors (Lipinski definition) is 5. The predicted molar refractivity (Wildman–Crippen MR) is 82.7 cm³/mol. The van der Waals surface area contributed by atoms with E-state index in [2.05, 4.69) is 14.7 Å². The smallest absolute Gasteiger partial charge is 0.330 e. The molecule has 0 saturated carbocycles. The molecule has 0 amide bonds. The number of methoxy groups -OCH3 is 1. The van der Waals surface area contributed by atoms with Crippen molar-refractivity contribution in [2.75, 3.05) is 12.8 Å². The summed E-state index contributed by atoms with van der Waals surface area (Å²) in [5.41, 5.74) is 8.69. The zero-order chi connectivity index (χ0) is 15.4. The van der Waals surface area contributed by atoms with E-state index in [1.807, 2.05) is 31.2 Å². The standard InChI is InChI=1S/C15H14ClN3O2/c1-9-3-5-10(6-4-9)13-11(7-8-12(20)21-2)14(16)19-15(17)18-13/h3-8H,1-2H3,(H2,17,18,19). The van der Waals surface area contributed by atoms with Gasteiger partial charge in [-0.3, -0.25) is 0 Å². The molecule has 0 aliphatic carbocycles. The van der Waals surface area contributed by atoms with Gasteiger partial charge < -0.3 is 10.5 Å². The third kappa shape index (κ3) is 3.58. The molecule has 108 valence electrons. The van der Waals surface area contributed by atoms with Crippen molar-refractivity contribution in [3.8, 4) is 11.3 Å². The van der Waals surface area contributed by atoms with Crippen molar-refractivity contribution in [3.05, 3.63) is 46.6 Å². The number of nitrogens with zero attached hydrogens (tertiary/aromatic N) is 2. The normalized spacial score (nSPS) is 10.8. The fourth-order valence-electron chi connectivity index (χ4n) is 1.76. The maximum atomic E-state index is 11.2. The highest BCUT2D eigenvalue weighted by molar-refractivity contribution is 6.31. The third-order valence-corrected chi connectivity index (χ3v) is 3.12. The van der Waals surface area contributed by atoms with E-state index in [0.717, 1.165) is 11.1 Å². The second kappa shape index (κ2) is 6.37. The molecule has 0 fully saturated rings. The van der Waals surface area contributed by atoms with E-state index in [9.17, 15) is 4.79 Å². The van der Waals surface area contributed by atoms with Crippen molar-refractivity contribution in [3.63, 3.8) is 0 Å². The Balaban J connectivity index is 2.55. The van der Waals surface area contributed by atoms with Gasteiger partial charge in [0.15, 0.2) is 0 Å². The van der Waals surface area contributed by atoms with Crippen LogP contribution in [0.25, 0.3) is 17.3 Å². The summed E-state index contributed by atoms with van der Waals surface area (Å²) in [6.07, 6.45) is 2.78. The Kier molecular flexibility index (Phi) is 4.55. The number of rotatable bonds is 3. The van der Waals surface area contributed by atoms with Crippen LogP contribution < -0.4 is 5.73 Å². The summed E-state index contributed by atoms with van der Waals surface area (Å²) >= 11 is 6.11. The van der Waals surface area contributed by atoms with E-state index in [4.69, 9.17) is 17.3 Å². The van der Waals surface area contributed by atoms with Gasteiger partial charge in [0.2, 0.25) is 5.95 Å². The molecule has 6 heteroatoms. The maximum absolute atomic E-state index is 11.2. The number of carbonyl (C=O) groups is 1. The maximum Gasteiger partial charge on any atom is 0.330 e. The molecule has 5 nitrogen and oxygen atoms in total. The monoisotopic (exact) mass is 303 g/mol. The van der Waals surface area contributed by atoms with Gasteiger partial charge in [-0.05, 0) is 13.0 Å². The van der Waals surface area contributed by atoms with Crippen LogP contribution in [-0.4, -0.2) is 23.0 Å². The summed E-state index contributed by atoms with van der Waals surface area (Å²) in [4.78, 5) is 19.4. The van der Waals surface area contributed by atoms with Crippen molar-refractivity contribution >= 4 is 29.6 Å². The summed E-state index contributed by atoms with van der Waals surface area (Å²) in [5, 5.41) is 0.179. The Labute approximate surface area is 127 Å². The molecule has 0 atom stereocenters. The first-order valence-corrected chi connectivity index (χ1v) is 6.55. The number of benzene rings is 1. The van der Waals surface area contributed by atoms with Crippen molar-refractivity contribution in [1.29, 1.82) is 0 Å². The molecule has 0 aliphatic rings. The fourth-order valence-corrected chi connectivity index (χ4v) is 2.00. The van der Waals surface area contributed by atoms with E-state index in [1.165, 1.54) is 19.3 Å². The Morgan fingerprint density at radius 3 is 2.57 bits per heavy atom. The first-order chi connectivity index (χ1) is 10.0. The zero-order valence-corrected chi connectivity index (χ0v) is 12.4. The van der Waals surface area contributed by atoms with Gasteiger partial charge >= 0.3 is 5.97 Å². The molecule has 1 aromatic heterocycles. The lowest BCUT2D eigenvalue weighted by molar-refractivity contribution is -0.134.